The van der Waals surface area contributed by atoms with Gasteiger partial charge in [0.1, 0.15) is 12.4 Å². The first-order valence-corrected chi connectivity index (χ1v) is 5.95. The number of nitriles is 1. The van der Waals surface area contributed by atoms with E-state index in [0.29, 0.717) is 0 Å². The highest BCUT2D eigenvalue weighted by molar-refractivity contribution is 5.34. The molecule has 0 bridgehead atoms. The first-order valence-electron chi connectivity index (χ1n) is 5.95. The first-order chi connectivity index (χ1) is 10.0. The van der Waals surface area contributed by atoms with Crippen LogP contribution in [0.3, 0.4) is 0 Å². The number of benzene rings is 2. The number of ether oxygens (including phenoxy) is 1. The number of hydrogen-bond acceptors (Lipinski definition) is 3. The van der Waals surface area contributed by atoms with Crippen LogP contribution in [-0.2, 0) is 13.2 Å². The maximum atomic E-state index is 13.6. The Morgan fingerprint density at radius 3 is 2.24 bits per heavy atom. The van der Waals surface area contributed by atoms with Crippen molar-refractivity contribution in [1.82, 2.24) is 0 Å². The molecule has 1 N–H and O–H groups in total. The molecule has 0 saturated heterocycles. The van der Waals surface area contributed by atoms with Gasteiger partial charge in [-0.1, -0.05) is 6.07 Å². The zero-order valence-corrected chi connectivity index (χ0v) is 10.7. The van der Waals surface area contributed by atoms with Gasteiger partial charge in [0.15, 0.2) is 17.4 Å². The Hall–Kier alpha value is -2.52. The lowest BCUT2D eigenvalue weighted by molar-refractivity contribution is 0.263. The Morgan fingerprint density at radius 1 is 1.05 bits per heavy atom. The molecule has 0 aliphatic heterocycles. The van der Waals surface area contributed by atoms with E-state index in [0.717, 1.165) is 18.2 Å². The van der Waals surface area contributed by atoms with Gasteiger partial charge in [-0.3, -0.25) is 0 Å². The molecule has 0 atom stereocenters. The molecule has 3 nitrogen and oxygen atoms in total. The van der Waals surface area contributed by atoms with E-state index in [-0.39, 0.29) is 23.3 Å². The molecule has 0 unspecified atom stereocenters. The van der Waals surface area contributed by atoms with Gasteiger partial charge in [-0.25, -0.2) is 13.2 Å². The van der Waals surface area contributed by atoms with E-state index in [1.54, 1.807) is 6.07 Å². The van der Waals surface area contributed by atoms with Crippen molar-refractivity contribution >= 4 is 0 Å². The molecule has 0 amide bonds. The molecule has 6 heteroatoms. The van der Waals surface area contributed by atoms with Crippen molar-refractivity contribution in [1.29, 1.82) is 5.26 Å². The number of rotatable bonds is 4. The predicted octanol–water partition coefficient (Wildman–Crippen LogP) is 3.05. The number of aliphatic hydroxyl groups is 1. The van der Waals surface area contributed by atoms with Gasteiger partial charge in [-0.15, -0.1) is 0 Å². The van der Waals surface area contributed by atoms with Crippen LogP contribution in [0.4, 0.5) is 13.2 Å². The van der Waals surface area contributed by atoms with Gasteiger partial charge in [-0.05, 0) is 29.8 Å². The van der Waals surface area contributed by atoms with E-state index in [1.165, 1.54) is 12.1 Å². The second kappa shape index (κ2) is 6.29. The summed E-state index contributed by atoms with van der Waals surface area (Å²) < 4.78 is 45.8. The van der Waals surface area contributed by atoms with Crippen molar-refractivity contribution in [2.75, 3.05) is 0 Å². The van der Waals surface area contributed by atoms with Crippen molar-refractivity contribution in [3.05, 3.63) is 64.5 Å². The molecule has 0 aliphatic rings. The zero-order valence-electron chi connectivity index (χ0n) is 10.7. The summed E-state index contributed by atoms with van der Waals surface area (Å²) >= 11 is 0. The topological polar surface area (TPSA) is 53.2 Å². The summed E-state index contributed by atoms with van der Waals surface area (Å²) in [6.45, 7) is -0.887. The SMILES string of the molecule is N#Cc1ccc(COc2c(F)cc(CO)cc2F)c(F)c1. The first kappa shape index (κ1) is 14.9. The van der Waals surface area contributed by atoms with Crippen molar-refractivity contribution in [3.8, 4) is 11.8 Å². The molecule has 0 spiro atoms. The smallest absolute Gasteiger partial charge is 0.191 e. The molecule has 0 radical (unpaired) electrons. The van der Waals surface area contributed by atoms with Crippen LogP contribution in [0.1, 0.15) is 16.7 Å². The minimum atomic E-state index is -0.979. The highest BCUT2D eigenvalue weighted by Gasteiger charge is 2.14. The Bertz CT molecular complexity index is 688. The third-order valence-electron chi connectivity index (χ3n) is 2.79. The number of nitrogens with zero attached hydrogens (tertiary/aromatic N) is 1. The Labute approximate surface area is 118 Å². The fourth-order valence-corrected chi connectivity index (χ4v) is 1.73. The molecule has 108 valence electrons. The normalized spacial score (nSPS) is 10.2. The summed E-state index contributed by atoms with van der Waals surface area (Å²) in [6, 6.07) is 7.36. The summed E-state index contributed by atoms with van der Waals surface area (Å²) in [5.41, 5.74) is 0.279. The quantitative estimate of drug-likeness (QED) is 0.942. The third-order valence-corrected chi connectivity index (χ3v) is 2.79. The molecule has 0 heterocycles. The van der Waals surface area contributed by atoms with Gasteiger partial charge >= 0.3 is 0 Å². The maximum absolute atomic E-state index is 13.6. The average Bonchev–Trinajstić information content (AvgIpc) is 2.47. The van der Waals surface area contributed by atoms with E-state index < -0.39 is 29.8 Å². The van der Waals surface area contributed by atoms with Crippen LogP contribution < -0.4 is 4.74 Å². The molecular formula is C15H10F3NO2. The van der Waals surface area contributed by atoms with Crippen LogP contribution in [0, 0.1) is 28.8 Å². The lowest BCUT2D eigenvalue weighted by Crippen LogP contribution is -2.03. The highest BCUT2D eigenvalue weighted by atomic mass is 19.1. The van der Waals surface area contributed by atoms with Crippen LogP contribution in [0.25, 0.3) is 0 Å². The molecule has 2 rings (SSSR count). The highest BCUT2D eigenvalue weighted by Crippen LogP contribution is 2.25. The standard InChI is InChI=1S/C15H10F3NO2/c16-12-3-9(6-19)1-2-11(12)8-21-15-13(17)4-10(7-20)5-14(15)18/h1-5,20H,7-8H2. The zero-order chi connectivity index (χ0) is 15.4. The molecule has 0 aromatic heterocycles. The minimum Gasteiger partial charge on any atom is -0.483 e. The monoisotopic (exact) mass is 293 g/mol. The maximum Gasteiger partial charge on any atom is 0.191 e. The molecule has 2 aromatic rings. The molecule has 0 saturated carbocycles. The van der Waals surface area contributed by atoms with Crippen molar-refractivity contribution in [2.45, 2.75) is 13.2 Å². The van der Waals surface area contributed by atoms with E-state index in [1.807, 2.05) is 0 Å². The van der Waals surface area contributed by atoms with Crippen molar-refractivity contribution < 1.29 is 23.0 Å². The Balaban J connectivity index is 2.19. The minimum absolute atomic E-state index is 0.0686. The number of hydrogen-bond donors (Lipinski definition) is 1. The van der Waals surface area contributed by atoms with Gasteiger partial charge in [0.05, 0.1) is 18.2 Å². The molecule has 0 fully saturated rings. The largest absolute Gasteiger partial charge is 0.483 e. The number of aliphatic hydroxyl groups excluding tert-OH is 1. The van der Waals surface area contributed by atoms with Gasteiger partial charge in [0.25, 0.3) is 0 Å². The Morgan fingerprint density at radius 2 is 1.71 bits per heavy atom. The van der Waals surface area contributed by atoms with Crippen molar-refractivity contribution in [3.63, 3.8) is 0 Å². The molecule has 2 aromatic carbocycles. The lowest BCUT2D eigenvalue weighted by atomic mass is 10.1. The van der Waals surface area contributed by atoms with Gasteiger partial charge in [0.2, 0.25) is 0 Å². The van der Waals surface area contributed by atoms with Crippen LogP contribution in [0.15, 0.2) is 30.3 Å². The van der Waals surface area contributed by atoms with Crippen LogP contribution in [0.5, 0.6) is 5.75 Å². The summed E-state index contributed by atoms with van der Waals surface area (Å²) in [5.74, 6) is -3.29. The summed E-state index contributed by atoms with van der Waals surface area (Å²) in [6.07, 6.45) is 0. The molecule has 21 heavy (non-hydrogen) atoms. The lowest BCUT2D eigenvalue weighted by Gasteiger charge is -2.10. The molecule has 0 aliphatic carbocycles. The molecular weight excluding hydrogens is 283 g/mol. The summed E-state index contributed by atoms with van der Waals surface area (Å²) in [4.78, 5) is 0. The van der Waals surface area contributed by atoms with E-state index in [4.69, 9.17) is 15.1 Å². The van der Waals surface area contributed by atoms with E-state index >= 15 is 0 Å². The average molecular weight is 293 g/mol. The van der Waals surface area contributed by atoms with Gasteiger partial charge < -0.3 is 9.84 Å². The van der Waals surface area contributed by atoms with E-state index in [9.17, 15) is 13.2 Å². The number of halogens is 3. The summed E-state index contributed by atoms with van der Waals surface area (Å²) in [7, 11) is 0. The fraction of sp³-hybridized carbons (Fsp3) is 0.133. The second-order valence-corrected chi connectivity index (χ2v) is 4.25. The fourth-order valence-electron chi connectivity index (χ4n) is 1.73. The van der Waals surface area contributed by atoms with Crippen LogP contribution >= 0.6 is 0 Å². The third kappa shape index (κ3) is 3.33. The van der Waals surface area contributed by atoms with E-state index in [2.05, 4.69) is 0 Å². The van der Waals surface area contributed by atoms with Crippen LogP contribution in [0.2, 0.25) is 0 Å². The Kier molecular flexibility index (Phi) is 4.45. The second-order valence-electron chi connectivity index (χ2n) is 4.25. The van der Waals surface area contributed by atoms with Crippen molar-refractivity contribution in [2.24, 2.45) is 0 Å². The van der Waals surface area contributed by atoms with Crippen LogP contribution in [-0.4, -0.2) is 5.11 Å². The van der Waals surface area contributed by atoms with Gasteiger partial charge in [-0.2, -0.15) is 5.26 Å². The summed E-state index contributed by atoms with van der Waals surface area (Å²) in [5, 5.41) is 17.4. The predicted molar refractivity (Wildman–Crippen MR) is 67.7 cm³/mol. The van der Waals surface area contributed by atoms with Gasteiger partial charge in [0, 0.05) is 5.56 Å².